The van der Waals surface area contributed by atoms with Gasteiger partial charge in [0.2, 0.25) is 0 Å². The van der Waals surface area contributed by atoms with Crippen molar-refractivity contribution in [2.75, 3.05) is 7.11 Å². The van der Waals surface area contributed by atoms with Gasteiger partial charge < -0.3 is 0 Å². The Hall–Kier alpha value is -1.20. The molecule has 1 aliphatic rings. The van der Waals surface area contributed by atoms with Gasteiger partial charge in [0, 0.05) is 12.0 Å². The van der Waals surface area contributed by atoms with Crippen molar-refractivity contribution >= 4 is 15.9 Å². The second-order valence-corrected chi connectivity index (χ2v) is 5.52. The van der Waals surface area contributed by atoms with Crippen LogP contribution in [0.1, 0.15) is 27.9 Å². The highest BCUT2D eigenvalue weighted by molar-refractivity contribution is 7.85. The minimum absolute atomic E-state index is 0.135. The molecule has 2 rings (SSSR count). The Morgan fingerprint density at radius 1 is 1.31 bits per heavy atom. The molecule has 0 N–H and O–H groups in total. The van der Waals surface area contributed by atoms with Crippen LogP contribution in [0.15, 0.2) is 18.2 Å². The number of ketones is 1. The van der Waals surface area contributed by atoms with Crippen LogP contribution in [-0.2, 0) is 26.5 Å². The molecule has 0 radical (unpaired) electrons. The summed E-state index contributed by atoms with van der Waals surface area (Å²) in [6.45, 7) is 0. The Labute approximate surface area is 94.4 Å². The quantitative estimate of drug-likeness (QED) is 0.747. The summed E-state index contributed by atoms with van der Waals surface area (Å²) in [7, 11) is -2.34. The van der Waals surface area contributed by atoms with Gasteiger partial charge in [-0.15, -0.1) is 0 Å². The lowest BCUT2D eigenvalue weighted by Gasteiger charge is -2.04. The fraction of sp³-hybridized carbons (Fsp3) is 0.364. The van der Waals surface area contributed by atoms with Crippen LogP contribution in [0.2, 0.25) is 0 Å². The minimum atomic E-state index is -3.49. The predicted molar refractivity (Wildman–Crippen MR) is 58.7 cm³/mol. The molecule has 0 aromatic heterocycles. The van der Waals surface area contributed by atoms with Crippen LogP contribution in [0, 0.1) is 0 Å². The number of carbonyl (C=O) groups is 1. The fourth-order valence-corrected chi connectivity index (χ4v) is 2.57. The first kappa shape index (κ1) is 11.3. The third-order valence-corrected chi connectivity index (χ3v) is 3.88. The summed E-state index contributed by atoms with van der Waals surface area (Å²) in [4.78, 5) is 11.4. The summed E-state index contributed by atoms with van der Waals surface area (Å²) in [5.41, 5.74) is 2.32. The first-order valence-corrected chi connectivity index (χ1v) is 6.53. The van der Waals surface area contributed by atoms with Gasteiger partial charge in [0.15, 0.2) is 5.78 Å². The van der Waals surface area contributed by atoms with Crippen LogP contribution in [0.25, 0.3) is 0 Å². The normalized spacial score (nSPS) is 15.2. The monoisotopic (exact) mass is 240 g/mol. The topological polar surface area (TPSA) is 60.4 Å². The van der Waals surface area contributed by atoms with E-state index in [1.54, 1.807) is 18.2 Å². The summed E-state index contributed by atoms with van der Waals surface area (Å²) in [5, 5.41) is 0. The van der Waals surface area contributed by atoms with Crippen molar-refractivity contribution in [2.45, 2.75) is 18.6 Å². The maximum atomic E-state index is 11.4. The molecule has 0 aliphatic heterocycles. The van der Waals surface area contributed by atoms with Crippen molar-refractivity contribution in [2.24, 2.45) is 0 Å². The maximum Gasteiger partial charge on any atom is 0.271 e. The highest BCUT2D eigenvalue weighted by Gasteiger charge is 2.20. The van der Waals surface area contributed by atoms with E-state index in [0.29, 0.717) is 18.4 Å². The Kier molecular flexibility index (Phi) is 2.82. The summed E-state index contributed by atoms with van der Waals surface area (Å²) in [6.07, 6.45) is 1.23. The zero-order chi connectivity index (χ0) is 11.8. The molecule has 1 aliphatic carbocycles. The van der Waals surface area contributed by atoms with Gasteiger partial charge >= 0.3 is 0 Å². The lowest BCUT2D eigenvalue weighted by atomic mass is 10.1. The predicted octanol–water partition coefficient (Wildman–Crippen LogP) is 1.29. The number of rotatable bonds is 3. The van der Waals surface area contributed by atoms with Crippen molar-refractivity contribution in [1.29, 1.82) is 0 Å². The van der Waals surface area contributed by atoms with Gasteiger partial charge in [-0.1, -0.05) is 18.2 Å². The number of carbonyl (C=O) groups excluding carboxylic acids is 1. The molecule has 4 nitrogen and oxygen atoms in total. The standard InChI is InChI=1S/C11H12O4S/c1-15-16(13,14)7-8-2-4-10-9(6-8)3-5-11(10)12/h2,4,6H,3,5,7H2,1H3. The van der Waals surface area contributed by atoms with Crippen molar-refractivity contribution < 1.29 is 17.4 Å². The van der Waals surface area contributed by atoms with Gasteiger partial charge in [-0.05, 0) is 17.5 Å². The molecule has 0 bridgehead atoms. The first-order chi connectivity index (χ1) is 7.52. The summed E-state index contributed by atoms with van der Waals surface area (Å²) in [6, 6.07) is 5.14. The molecule has 1 aromatic carbocycles. The Bertz CT molecular complexity index is 531. The van der Waals surface area contributed by atoms with E-state index in [4.69, 9.17) is 0 Å². The van der Waals surface area contributed by atoms with E-state index in [1.165, 1.54) is 0 Å². The third-order valence-electron chi connectivity index (χ3n) is 2.69. The molecule has 1 aromatic rings. The largest absolute Gasteiger partial charge is 0.294 e. The smallest absolute Gasteiger partial charge is 0.271 e. The number of hydrogen-bond acceptors (Lipinski definition) is 4. The van der Waals surface area contributed by atoms with Gasteiger partial charge in [-0.25, -0.2) is 0 Å². The summed E-state index contributed by atoms with van der Waals surface area (Å²) >= 11 is 0. The highest BCUT2D eigenvalue weighted by atomic mass is 32.2. The molecule has 0 atom stereocenters. The van der Waals surface area contributed by atoms with Gasteiger partial charge in [0.1, 0.15) is 5.75 Å². The zero-order valence-corrected chi connectivity index (χ0v) is 9.71. The number of Topliss-reactive ketones (excluding diaryl/α,β-unsaturated/α-hetero) is 1. The molecule has 16 heavy (non-hydrogen) atoms. The van der Waals surface area contributed by atoms with Crippen LogP contribution >= 0.6 is 0 Å². The van der Waals surface area contributed by atoms with Crippen LogP contribution in [-0.4, -0.2) is 21.3 Å². The van der Waals surface area contributed by atoms with E-state index in [-0.39, 0.29) is 11.5 Å². The van der Waals surface area contributed by atoms with Crippen LogP contribution in [0.4, 0.5) is 0 Å². The summed E-state index contributed by atoms with van der Waals surface area (Å²) < 4.78 is 26.9. The SMILES string of the molecule is COS(=O)(=O)Cc1ccc2c(c1)CCC2=O. The van der Waals surface area contributed by atoms with Crippen LogP contribution in [0.3, 0.4) is 0 Å². The molecule has 0 amide bonds. The average Bonchev–Trinajstić information content (AvgIpc) is 2.60. The molecule has 0 spiro atoms. The highest BCUT2D eigenvalue weighted by Crippen LogP contribution is 2.23. The van der Waals surface area contributed by atoms with Gasteiger partial charge in [0.05, 0.1) is 7.11 Å². The molecule has 0 saturated carbocycles. The molecular weight excluding hydrogens is 228 g/mol. The van der Waals surface area contributed by atoms with Crippen molar-refractivity contribution in [3.63, 3.8) is 0 Å². The van der Waals surface area contributed by atoms with Crippen LogP contribution < -0.4 is 0 Å². The van der Waals surface area contributed by atoms with Crippen molar-refractivity contribution in [1.82, 2.24) is 0 Å². The maximum absolute atomic E-state index is 11.4. The first-order valence-electron chi connectivity index (χ1n) is 4.95. The lowest BCUT2D eigenvalue weighted by molar-refractivity contribution is 0.0994. The van der Waals surface area contributed by atoms with E-state index in [1.807, 2.05) is 0 Å². The zero-order valence-electron chi connectivity index (χ0n) is 8.89. The molecule has 0 saturated heterocycles. The van der Waals surface area contributed by atoms with Crippen LogP contribution in [0.5, 0.6) is 0 Å². The number of aryl methyl sites for hydroxylation is 1. The van der Waals surface area contributed by atoms with E-state index in [9.17, 15) is 13.2 Å². The van der Waals surface area contributed by atoms with E-state index in [0.717, 1.165) is 18.2 Å². The Morgan fingerprint density at radius 3 is 2.75 bits per heavy atom. The van der Waals surface area contributed by atoms with Crippen molar-refractivity contribution in [3.05, 3.63) is 34.9 Å². The number of hydrogen-bond donors (Lipinski definition) is 0. The molecule has 86 valence electrons. The lowest BCUT2D eigenvalue weighted by Crippen LogP contribution is -2.06. The molecule has 0 fully saturated rings. The number of fused-ring (bicyclic) bond motifs is 1. The van der Waals surface area contributed by atoms with Gasteiger partial charge in [0.25, 0.3) is 10.1 Å². The second kappa shape index (κ2) is 3.99. The molecular formula is C11H12O4S. The summed E-state index contributed by atoms with van der Waals surface area (Å²) in [5.74, 6) is -0.0125. The number of benzene rings is 1. The fourth-order valence-electron chi connectivity index (χ4n) is 1.86. The van der Waals surface area contributed by atoms with Crippen molar-refractivity contribution in [3.8, 4) is 0 Å². The van der Waals surface area contributed by atoms with E-state index >= 15 is 0 Å². The average molecular weight is 240 g/mol. The molecule has 0 unspecified atom stereocenters. The van der Waals surface area contributed by atoms with Gasteiger partial charge in [-0.2, -0.15) is 8.42 Å². The minimum Gasteiger partial charge on any atom is -0.294 e. The third kappa shape index (κ3) is 2.15. The Balaban J connectivity index is 2.30. The van der Waals surface area contributed by atoms with E-state index in [2.05, 4.69) is 4.18 Å². The van der Waals surface area contributed by atoms with E-state index < -0.39 is 10.1 Å². The molecule has 5 heteroatoms. The van der Waals surface area contributed by atoms with Gasteiger partial charge in [-0.3, -0.25) is 8.98 Å². The molecule has 0 heterocycles. The second-order valence-electron chi connectivity index (χ2n) is 3.78. The Morgan fingerprint density at radius 2 is 2.06 bits per heavy atom.